The topological polar surface area (TPSA) is 67.9 Å². The van der Waals surface area contributed by atoms with Crippen LogP contribution in [0.5, 0.6) is 0 Å². The van der Waals surface area contributed by atoms with E-state index in [1.54, 1.807) is 6.07 Å². The van der Waals surface area contributed by atoms with Gasteiger partial charge in [0.25, 0.3) is 0 Å². The first-order chi connectivity index (χ1) is 13.3. The molecule has 28 heavy (non-hydrogen) atoms. The highest BCUT2D eigenvalue weighted by molar-refractivity contribution is 6.31. The zero-order valence-corrected chi connectivity index (χ0v) is 18.1. The lowest BCUT2D eigenvalue weighted by Crippen LogP contribution is -2.44. The Hall–Kier alpha value is -1.95. The monoisotopic (exact) mass is 410 g/mol. The molecule has 0 bridgehead atoms. The van der Waals surface area contributed by atoms with Crippen LogP contribution in [0.25, 0.3) is 0 Å². The van der Waals surface area contributed by atoms with Crippen LogP contribution in [0.1, 0.15) is 62.4 Å². The lowest BCUT2D eigenvalue weighted by atomic mass is 9.89. The van der Waals surface area contributed by atoms with E-state index in [-0.39, 0.29) is 24.2 Å². The highest BCUT2D eigenvalue weighted by atomic mass is 35.5. The average Bonchev–Trinajstić information content (AvgIpc) is 2.64. The molecule has 156 valence electrons. The molecule has 1 aromatic carbocycles. The van der Waals surface area contributed by atoms with Gasteiger partial charge in [-0.3, -0.25) is 0 Å². The maximum absolute atomic E-state index is 12.1. The fraction of sp³-hybridized carbons (Fsp3) is 0.619. The number of nitrogens with zero attached hydrogens (tertiary/aromatic N) is 1. The quantitative estimate of drug-likeness (QED) is 0.688. The Kier molecular flexibility index (Phi) is 7.98. The van der Waals surface area contributed by atoms with Gasteiger partial charge in [-0.15, -0.1) is 0 Å². The van der Waals surface area contributed by atoms with Crippen LogP contribution in [0.4, 0.5) is 10.5 Å². The first-order valence-electron chi connectivity index (χ1n) is 9.89. The van der Waals surface area contributed by atoms with Crippen molar-refractivity contribution in [2.45, 2.75) is 71.6 Å². The number of benzene rings is 1. The normalized spacial score (nSPS) is 19.2. The summed E-state index contributed by atoms with van der Waals surface area (Å²) in [7, 11) is 1.37. The molecule has 0 unspecified atom stereocenters. The number of hydrogen-bond donors (Lipinski definition) is 1. The summed E-state index contributed by atoms with van der Waals surface area (Å²) >= 11 is 6.29. The minimum atomic E-state index is -0.381. The molecule has 0 saturated heterocycles. The third kappa shape index (κ3) is 5.53. The highest BCUT2D eigenvalue weighted by Crippen LogP contribution is 2.33. The van der Waals surface area contributed by atoms with Crippen molar-refractivity contribution >= 4 is 29.4 Å². The van der Waals surface area contributed by atoms with E-state index in [1.807, 2.05) is 26.8 Å². The molecular weight excluding hydrogens is 380 g/mol. The molecule has 1 saturated carbocycles. The number of carbonyl (C=O) groups is 2. The van der Waals surface area contributed by atoms with Gasteiger partial charge in [-0.05, 0) is 71.1 Å². The molecule has 0 aromatic heterocycles. The number of halogens is 1. The number of carbonyl (C=O) groups excluding carboxylic acids is 2. The maximum Gasteiger partial charge on any atom is 0.407 e. The van der Waals surface area contributed by atoms with Crippen molar-refractivity contribution in [2.75, 3.05) is 18.6 Å². The van der Waals surface area contributed by atoms with Crippen LogP contribution in [0.3, 0.4) is 0 Å². The van der Waals surface area contributed by atoms with Crippen LogP contribution < -0.4 is 10.2 Å². The van der Waals surface area contributed by atoms with Crippen molar-refractivity contribution in [3.8, 4) is 0 Å². The van der Waals surface area contributed by atoms with E-state index in [0.717, 1.165) is 43.5 Å². The lowest BCUT2D eigenvalue weighted by molar-refractivity contribution is 0.0599. The third-order valence-electron chi connectivity index (χ3n) is 5.20. The average molecular weight is 411 g/mol. The number of alkyl carbamates (subject to hydrolysis) is 1. The van der Waals surface area contributed by atoms with Gasteiger partial charge in [-0.1, -0.05) is 11.6 Å². The molecule has 0 radical (unpaired) electrons. The Morgan fingerprint density at radius 2 is 1.89 bits per heavy atom. The van der Waals surface area contributed by atoms with Crippen LogP contribution in [0.2, 0.25) is 5.02 Å². The summed E-state index contributed by atoms with van der Waals surface area (Å²) in [4.78, 5) is 26.2. The number of rotatable bonds is 6. The molecule has 7 heteroatoms. The predicted molar refractivity (Wildman–Crippen MR) is 111 cm³/mol. The maximum atomic E-state index is 12.1. The summed E-state index contributed by atoms with van der Waals surface area (Å²) in [5, 5.41) is 3.48. The van der Waals surface area contributed by atoms with E-state index in [9.17, 15) is 9.59 Å². The molecule has 1 amide bonds. The van der Waals surface area contributed by atoms with E-state index in [2.05, 4.69) is 17.1 Å². The summed E-state index contributed by atoms with van der Waals surface area (Å²) in [6.45, 7) is 8.51. The predicted octanol–water partition coefficient (Wildman–Crippen LogP) is 4.71. The van der Waals surface area contributed by atoms with Gasteiger partial charge in [0.2, 0.25) is 0 Å². The summed E-state index contributed by atoms with van der Waals surface area (Å²) in [5.74, 6) is -0.381. The number of nitrogens with one attached hydrogen (secondary N) is 1. The molecule has 0 heterocycles. The Morgan fingerprint density at radius 1 is 1.25 bits per heavy atom. The van der Waals surface area contributed by atoms with Crippen molar-refractivity contribution < 1.29 is 19.1 Å². The fourth-order valence-electron chi connectivity index (χ4n) is 3.86. The molecule has 2 rings (SSSR count). The van der Waals surface area contributed by atoms with Crippen molar-refractivity contribution in [2.24, 2.45) is 0 Å². The molecule has 6 nitrogen and oxygen atoms in total. The number of methoxy groups -OCH3 is 1. The van der Waals surface area contributed by atoms with Crippen LogP contribution in [-0.4, -0.2) is 43.9 Å². The van der Waals surface area contributed by atoms with Crippen molar-refractivity contribution in [1.29, 1.82) is 0 Å². The van der Waals surface area contributed by atoms with Crippen molar-refractivity contribution in [1.82, 2.24) is 5.32 Å². The third-order valence-corrected chi connectivity index (χ3v) is 5.42. The van der Waals surface area contributed by atoms with E-state index >= 15 is 0 Å². The van der Waals surface area contributed by atoms with E-state index in [0.29, 0.717) is 16.6 Å². The number of amides is 1. The van der Waals surface area contributed by atoms with Crippen molar-refractivity contribution in [3.05, 3.63) is 28.3 Å². The van der Waals surface area contributed by atoms with Gasteiger partial charge in [0, 0.05) is 29.3 Å². The van der Waals surface area contributed by atoms with Crippen LogP contribution >= 0.6 is 11.6 Å². The summed E-state index contributed by atoms with van der Waals surface area (Å²) in [6, 6.07) is 4.03. The van der Waals surface area contributed by atoms with E-state index in [1.165, 1.54) is 7.11 Å². The smallest absolute Gasteiger partial charge is 0.407 e. The van der Waals surface area contributed by atoms with Gasteiger partial charge < -0.3 is 19.7 Å². The van der Waals surface area contributed by atoms with Gasteiger partial charge in [-0.25, -0.2) is 9.59 Å². The zero-order chi connectivity index (χ0) is 20.8. The minimum Gasteiger partial charge on any atom is -0.465 e. The first-order valence-corrected chi connectivity index (χ1v) is 10.3. The molecule has 1 aliphatic carbocycles. The van der Waals surface area contributed by atoms with Gasteiger partial charge >= 0.3 is 12.1 Å². The van der Waals surface area contributed by atoms with Crippen LogP contribution in [-0.2, 0) is 9.47 Å². The summed E-state index contributed by atoms with van der Waals surface area (Å²) in [5.41, 5.74) is 2.33. The van der Waals surface area contributed by atoms with E-state index in [4.69, 9.17) is 21.1 Å². The molecular formula is C21H31ClN2O4. The van der Waals surface area contributed by atoms with Crippen LogP contribution in [0.15, 0.2) is 12.1 Å². The molecule has 1 aromatic rings. The Labute approximate surface area is 172 Å². The number of anilines is 1. The van der Waals surface area contributed by atoms with E-state index < -0.39 is 0 Å². The largest absolute Gasteiger partial charge is 0.465 e. The highest BCUT2D eigenvalue weighted by Gasteiger charge is 2.28. The first kappa shape index (κ1) is 22.3. The summed E-state index contributed by atoms with van der Waals surface area (Å²) < 4.78 is 10.1. The Balaban J connectivity index is 2.10. The second-order valence-corrected chi connectivity index (χ2v) is 7.92. The zero-order valence-electron chi connectivity index (χ0n) is 17.4. The molecule has 0 aliphatic heterocycles. The van der Waals surface area contributed by atoms with Gasteiger partial charge in [0.1, 0.15) is 0 Å². The fourth-order valence-corrected chi connectivity index (χ4v) is 4.07. The van der Waals surface area contributed by atoms with Gasteiger partial charge in [0.15, 0.2) is 0 Å². The molecule has 1 aliphatic rings. The standard InChI is InChI=1S/C21H31ClN2O4/c1-6-24(19-12-15(22)11-18(14(19)4)20(25)27-5)17-9-7-16(8-10-17)23-21(26)28-13(2)3/h11-13,16-17H,6-10H2,1-5H3,(H,23,26)/t16-,17-. The number of ether oxygens (including phenoxy) is 2. The molecule has 0 atom stereocenters. The lowest BCUT2D eigenvalue weighted by Gasteiger charge is -2.39. The van der Waals surface area contributed by atoms with Crippen LogP contribution in [0, 0.1) is 6.92 Å². The SMILES string of the molecule is CCN(c1cc(Cl)cc(C(=O)OC)c1C)[C@H]1CC[C@H](NC(=O)OC(C)C)CC1. The minimum absolute atomic E-state index is 0.123. The molecule has 1 N–H and O–H groups in total. The van der Waals surface area contributed by atoms with Crippen molar-refractivity contribution in [3.63, 3.8) is 0 Å². The molecule has 1 fully saturated rings. The second-order valence-electron chi connectivity index (χ2n) is 7.48. The molecule has 0 spiro atoms. The Bertz CT molecular complexity index is 700. The Morgan fingerprint density at radius 3 is 2.43 bits per heavy atom. The second kappa shape index (κ2) is 10.0. The number of esters is 1. The van der Waals surface area contributed by atoms with Gasteiger partial charge in [0.05, 0.1) is 18.8 Å². The summed E-state index contributed by atoms with van der Waals surface area (Å²) in [6.07, 6.45) is 3.19. The number of hydrogen-bond acceptors (Lipinski definition) is 5. The van der Waals surface area contributed by atoms with Gasteiger partial charge in [-0.2, -0.15) is 0 Å².